The van der Waals surface area contributed by atoms with Crippen molar-refractivity contribution in [2.24, 2.45) is 0 Å². The smallest absolute Gasteiger partial charge is 0.269 e. The van der Waals surface area contributed by atoms with E-state index in [-0.39, 0.29) is 30.3 Å². The zero-order valence-corrected chi connectivity index (χ0v) is 10.9. The van der Waals surface area contributed by atoms with Gasteiger partial charge in [-0.25, -0.2) is 0 Å². The molecule has 1 aliphatic heterocycles. The summed E-state index contributed by atoms with van der Waals surface area (Å²) >= 11 is 0. The van der Waals surface area contributed by atoms with E-state index in [0.29, 0.717) is 6.54 Å². The number of benzene rings is 1. The van der Waals surface area contributed by atoms with Crippen molar-refractivity contribution in [3.63, 3.8) is 0 Å². The van der Waals surface area contributed by atoms with Crippen LogP contribution in [0.3, 0.4) is 0 Å². The number of carbonyl (C=O) groups is 1. The summed E-state index contributed by atoms with van der Waals surface area (Å²) in [6.45, 7) is 4.44. The number of ether oxygens (including phenoxy) is 1. The largest absolute Gasteiger partial charge is 0.362 e. The number of nitrogens with zero attached hydrogens (tertiary/aromatic N) is 2. The summed E-state index contributed by atoms with van der Waals surface area (Å²) in [6, 6.07) is 6.38. The molecule has 6 nitrogen and oxygen atoms in total. The molecule has 6 heteroatoms. The van der Waals surface area contributed by atoms with Crippen LogP contribution in [0.1, 0.15) is 25.5 Å². The van der Waals surface area contributed by atoms with Gasteiger partial charge in [-0.1, -0.05) is 0 Å². The molecule has 2 rings (SSSR count). The molecular formula is C13H16N2O4. The van der Waals surface area contributed by atoms with Gasteiger partial charge in [-0.2, -0.15) is 0 Å². The van der Waals surface area contributed by atoms with Crippen LogP contribution in [0.25, 0.3) is 0 Å². The van der Waals surface area contributed by atoms with Crippen LogP contribution in [0.4, 0.5) is 5.69 Å². The van der Waals surface area contributed by atoms with E-state index >= 15 is 0 Å². The SMILES string of the molecule is CC(C)N1C[C@@H](c2ccc([N+](=O)[O-])cc2)OCC1=O. The molecule has 0 spiro atoms. The first kappa shape index (κ1) is 13.5. The van der Waals surface area contributed by atoms with Crippen LogP contribution in [-0.4, -0.2) is 34.9 Å². The predicted molar refractivity (Wildman–Crippen MR) is 68.6 cm³/mol. The van der Waals surface area contributed by atoms with Gasteiger partial charge in [0.1, 0.15) is 12.7 Å². The summed E-state index contributed by atoms with van der Waals surface area (Å²) in [5, 5.41) is 10.6. The van der Waals surface area contributed by atoms with E-state index in [1.165, 1.54) is 12.1 Å². The molecule has 1 saturated heterocycles. The van der Waals surface area contributed by atoms with Crippen LogP contribution < -0.4 is 0 Å². The van der Waals surface area contributed by atoms with E-state index in [2.05, 4.69) is 0 Å². The summed E-state index contributed by atoms with van der Waals surface area (Å²) in [5.74, 6) is -0.0202. The van der Waals surface area contributed by atoms with Gasteiger partial charge in [0, 0.05) is 18.2 Å². The van der Waals surface area contributed by atoms with Crippen LogP contribution in [0, 0.1) is 10.1 Å². The van der Waals surface area contributed by atoms with Gasteiger partial charge in [0.05, 0.1) is 11.5 Å². The van der Waals surface area contributed by atoms with Gasteiger partial charge in [0.25, 0.3) is 5.69 Å². The molecule has 0 unspecified atom stereocenters. The normalized spacial score (nSPS) is 19.8. The highest BCUT2D eigenvalue weighted by molar-refractivity contribution is 5.78. The summed E-state index contributed by atoms with van der Waals surface area (Å²) < 4.78 is 5.50. The Labute approximate surface area is 111 Å². The average molecular weight is 264 g/mol. The summed E-state index contributed by atoms with van der Waals surface area (Å²) in [5.41, 5.74) is 0.903. The first-order valence-electron chi connectivity index (χ1n) is 6.14. The zero-order valence-electron chi connectivity index (χ0n) is 10.9. The molecule has 1 amide bonds. The first-order chi connectivity index (χ1) is 8.99. The van der Waals surface area contributed by atoms with E-state index in [4.69, 9.17) is 4.74 Å². The van der Waals surface area contributed by atoms with Crippen molar-refractivity contribution >= 4 is 11.6 Å². The van der Waals surface area contributed by atoms with Crippen LogP contribution in [-0.2, 0) is 9.53 Å². The molecule has 0 aromatic heterocycles. The zero-order chi connectivity index (χ0) is 14.0. The van der Waals surface area contributed by atoms with Crippen molar-refractivity contribution < 1.29 is 14.5 Å². The van der Waals surface area contributed by atoms with Gasteiger partial charge in [-0.15, -0.1) is 0 Å². The van der Waals surface area contributed by atoms with Crippen molar-refractivity contribution in [3.8, 4) is 0 Å². The number of morpholine rings is 1. The number of hydrogen-bond acceptors (Lipinski definition) is 4. The highest BCUT2D eigenvalue weighted by Crippen LogP contribution is 2.25. The first-order valence-corrected chi connectivity index (χ1v) is 6.14. The van der Waals surface area contributed by atoms with Crippen LogP contribution >= 0.6 is 0 Å². The number of amides is 1. The Hall–Kier alpha value is -1.95. The Morgan fingerprint density at radius 1 is 1.37 bits per heavy atom. The number of carbonyl (C=O) groups excluding carboxylic acids is 1. The molecule has 1 heterocycles. The second-order valence-corrected chi connectivity index (χ2v) is 4.79. The Balaban J connectivity index is 2.13. The van der Waals surface area contributed by atoms with E-state index in [0.717, 1.165) is 5.56 Å². The van der Waals surface area contributed by atoms with Crippen LogP contribution in [0.5, 0.6) is 0 Å². The highest BCUT2D eigenvalue weighted by Gasteiger charge is 2.29. The van der Waals surface area contributed by atoms with Gasteiger partial charge in [0.15, 0.2) is 0 Å². The Kier molecular flexibility index (Phi) is 3.80. The second kappa shape index (κ2) is 5.36. The molecule has 1 aromatic carbocycles. The molecule has 0 saturated carbocycles. The van der Waals surface area contributed by atoms with Crippen molar-refractivity contribution in [1.82, 2.24) is 4.90 Å². The maximum atomic E-state index is 11.7. The molecule has 0 N–H and O–H groups in total. The molecule has 1 atom stereocenters. The van der Waals surface area contributed by atoms with Crippen molar-refractivity contribution in [3.05, 3.63) is 39.9 Å². The van der Waals surface area contributed by atoms with Crippen molar-refractivity contribution in [2.45, 2.75) is 26.0 Å². The van der Waals surface area contributed by atoms with Crippen LogP contribution in [0.2, 0.25) is 0 Å². The third kappa shape index (κ3) is 2.90. The van der Waals surface area contributed by atoms with E-state index in [1.807, 2.05) is 13.8 Å². The maximum Gasteiger partial charge on any atom is 0.269 e. The molecule has 1 fully saturated rings. The lowest BCUT2D eigenvalue weighted by Gasteiger charge is -2.35. The fourth-order valence-corrected chi connectivity index (χ4v) is 2.10. The van der Waals surface area contributed by atoms with Gasteiger partial charge in [0.2, 0.25) is 5.91 Å². The third-order valence-corrected chi connectivity index (χ3v) is 3.19. The number of non-ortho nitro benzene ring substituents is 1. The van der Waals surface area contributed by atoms with Gasteiger partial charge >= 0.3 is 0 Å². The lowest BCUT2D eigenvalue weighted by atomic mass is 10.1. The van der Waals surface area contributed by atoms with Crippen molar-refractivity contribution in [2.75, 3.05) is 13.2 Å². The molecule has 0 bridgehead atoms. The fraction of sp³-hybridized carbons (Fsp3) is 0.462. The summed E-state index contributed by atoms with van der Waals surface area (Å²) in [7, 11) is 0. The lowest BCUT2D eigenvalue weighted by Crippen LogP contribution is -2.46. The molecule has 1 aliphatic rings. The highest BCUT2D eigenvalue weighted by atomic mass is 16.6. The summed E-state index contributed by atoms with van der Waals surface area (Å²) in [4.78, 5) is 23.6. The quantitative estimate of drug-likeness (QED) is 0.617. The minimum absolute atomic E-state index is 0.0202. The van der Waals surface area contributed by atoms with Crippen molar-refractivity contribution in [1.29, 1.82) is 0 Å². The average Bonchev–Trinajstić information content (AvgIpc) is 2.39. The monoisotopic (exact) mass is 264 g/mol. The molecular weight excluding hydrogens is 248 g/mol. The minimum Gasteiger partial charge on any atom is -0.362 e. The number of nitro groups is 1. The topological polar surface area (TPSA) is 72.7 Å². The summed E-state index contributed by atoms with van der Waals surface area (Å²) in [6.07, 6.45) is -0.221. The minimum atomic E-state index is -0.435. The standard InChI is InChI=1S/C13H16N2O4/c1-9(2)14-7-12(19-8-13(14)16)10-3-5-11(6-4-10)15(17)18/h3-6,9,12H,7-8H2,1-2H3/t12-/m0/s1. The Morgan fingerprint density at radius 3 is 2.53 bits per heavy atom. The third-order valence-electron chi connectivity index (χ3n) is 3.19. The molecule has 19 heavy (non-hydrogen) atoms. The Morgan fingerprint density at radius 2 is 2.00 bits per heavy atom. The molecule has 0 aliphatic carbocycles. The fourth-order valence-electron chi connectivity index (χ4n) is 2.10. The van der Waals surface area contributed by atoms with Gasteiger partial charge < -0.3 is 9.64 Å². The Bertz CT molecular complexity index is 484. The second-order valence-electron chi connectivity index (χ2n) is 4.79. The maximum absolute atomic E-state index is 11.7. The molecule has 1 aromatic rings. The van der Waals surface area contributed by atoms with Crippen LogP contribution in [0.15, 0.2) is 24.3 Å². The predicted octanol–water partition coefficient (Wildman–Crippen LogP) is 1.90. The van der Waals surface area contributed by atoms with Gasteiger partial charge in [-0.05, 0) is 31.5 Å². The van der Waals surface area contributed by atoms with Gasteiger partial charge in [-0.3, -0.25) is 14.9 Å². The number of nitro benzene ring substituents is 1. The van der Waals surface area contributed by atoms with E-state index in [9.17, 15) is 14.9 Å². The number of rotatable bonds is 3. The molecule has 0 radical (unpaired) electrons. The van der Waals surface area contributed by atoms with E-state index in [1.54, 1.807) is 17.0 Å². The molecule has 102 valence electrons. The lowest BCUT2D eigenvalue weighted by molar-refractivity contribution is -0.384. The number of hydrogen-bond donors (Lipinski definition) is 0. The van der Waals surface area contributed by atoms with E-state index < -0.39 is 4.92 Å².